The lowest BCUT2D eigenvalue weighted by molar-refractivity contribution is -0.131. The molecule has 4 aliphatic rings. The lowest BCUT2D eigenvalue weighted by Gasteiger charge is -2.42. The van der Waals surface area contributed by atoms with Crippen LogP contribution >= 0.6 is 11.6 Å². The van der Waals surface area contributed by atoms with Crippen molar-refractivity contribution >= 4 is 57.1 Å². The molecule has 0 bridgehead atoms. The highest BCUT2D eigenvalue weighted by Gasteiger charge is 2.38. The van der Waals surface area contributed by atoms with Crippen LogP contribution in [0.25, 0.3) is 16.4 Å². The number of rotatable bonds is 17. The van der Waals surface area contributed by atoms with Gasteiger partial charge in [-0.1, -0.05) is 42.8 Å². The van der Waals surface area contributed by atoms with Crippen molar-refractivity contribution in [1.29, 1.82) is 5.26 Å². The standard InChI is InChI=1S/C54H62ClF2N13O4/c1-3-36-30-61-70-47(26-48(63-51(36)70)68-20-5-4-11-38(68)17-24-71)60-29-35-25-41(31-59-28-35)74-50(57)43(27-56)53(72)69-23-22-67(32-39(69)15-18-58)52-42-16-21-66(46-14-7-10-37-9-6-13-44(55)49(37)46)33-45(42)62-54(64-52)73-34-40-12-8-19-65(40)2/h6-7,9-10,13-14,25-28,30-31,38-40,50,60,71H,3-5,8,11-12,15-17,19-24,29,32-34H2,1-2H3/b43-27+. The molecule has 0 aliphatic carbocycles. The molecule has 2 N–H and O–H groups in total. The minimum atomic E-state index is -2.49. The number of aryl methyl sites for hydroxylation is 1. The number of likely N-dealkylation sites (tertiary alicyclic amines) is 1. The summed E-state index contributed by atoms with van der Waals surface area (Å²) >= 11 is 6.79. The number of anilines is 4. The summed E-state index contributed by atoms with van der Waals surface area (Å²) in [6, 6.07) is 17.7. The highest BCUT2D eigenvalue weighted by molar-refractivity contribution is 6.36. The zero-order chi connectivity index (χ0) is 51.3. The molecule has 0 radical (unpaired) electrons. The van der Waals surface area contributed by atoms with Crippen molar-refractivity contribution in [3.8, 4) is 17.8 Å². The molecule has 3 saturated heterocycles. The number of nitrogens with one attached hydrogen (secondary N) is 1. The number of nitrogens with zero attached hydrogens (tertiary/aromatic N) is 12. The van der Waals surface area contributed by atoms with Gasteiger partial charge in [-0.05, 0) is 94.1 Å². The number of piperidine rings is 1. The average Bonchev–Trinajstić information content (AvgIpc) is 4.05. The number of hydrogen-bond acceptors (Lipinski definition) is 15. The van der Waals surface area contributed by atoms with Gasteiger partial charge >= 0.3 is 6.01 Å². The van der Waals surface area contributed by atoms with E-state index in [1.807, 2.05) is 41.3 Å². The van der Waals surface area contributed by atoms with E-state index >= 15 is 4.39 Å². The van der Waals surface area contributed by atoms with Gasteiger partial charge in [-0.25, -0.2) is 9.37 Å². The van der Waals surface area contributed by atoms with E-state index in [4.69, 9.17) is 36.0 Å². The SMILES string of the molecule is CCc1cnn2c(NCc3cncc(OC(F)/C(=C\F)C(=O)N4CCN(c5nc(OCC6CCCN6C)nc6c5CCN(c5cccc7cccc(Cl)c57)C6)CC4CC#N)c3)cc(N3CCCCC3CCO)nc12. The van der Waals surface area contributed by atoms with Gasteiger partial charge in [0.25, 0.3) is 12.3 Å². The van der Waals surface area contributed by atoms with Crippen molar-refractivity contribution in [2.24, 2.45) is 0 Å². The Balaban J connectivity index is 0.840. The molecule has 8 heterocycles. The molecule has 17 nitrogen and oxygen atoms in total. The first kappa shape index (κ1) is 50.6. The molecule has 4 atom stereocenters. The summed E-state index contributed by atoms with van der Waals surface area (Å²) in [4.78, 5) is 43.7. The second kappa shape index (κ2) is 22.7. The maximum Gasteiger partial charge on any atom is 0.318 e. The maximum absolute atomic E-state index is 16.2. The Bertz CT molecular complexity index is 3060. The molecular weight excluding hydrogens is 968 g/mol. The van der Waals surface area contributed by atoms with Crippen LogP contribution in [0.2, 0.25) is 5.02 Å². The van der Waals surface area contributed by atoms with Gasteiger partial charge in [-0.2, -0.15) is 29.2 Å². The Morgan fingerprint density at radius 1 is 1.00 bits per heavy atom. The van der Waals surface area contributed by atoms with Crippen LogP contribution in [0.4, 0.5) is 31.9 Å². The Labute approximate surface area is 434 Å². The summed E-state index contributed by atoms with van der Waals surface area (Å²) in [6.07, 6.45) is 9.25. The number of pyridine rings is 1. The first-order valence-electron chi connectivity index (χ1n) is 25.8. The molecule has 10 rings (SSSR count). The number of halogens is 3. The molecule has 388 valence electrons. The van der Waals surface area contributed by atoms with Crippen molar-refractivity contribution in [3.05, 3.63) is 106 Å². The lowest BCUT2D eigenvalue weighted by Crippen LogP contribution is -2.56. The van der Waals surface area contributed by atoms with Crippen LogP contribution in [-0.4, -0.2) is 134 Å². The first-order valence-corrected chi connectivity index (χ1v) is 26.1. The Morgan fingerprint density at radius 3 is 2.65 bits per heavy atom. The molecule has 4 unspecified atom stereocenters. The number of aromatic nitrogens is 6. The average molecular weight is 1030 g/mol. The predicted octanol–water partition coefficient (Wildman–Crippen LogP) is 7.83. The molecular formula is C54H62ClF2N13O4. The molecule has 2 aromatic carbocycles. The summed E-state index contributed by atoms with van der Waals surface area (Å²) in [5.74, 6) is 1.21. The monoisotopic (exact) mass is 1030 g/mol. The second-order valence-corrected chi connectivity index (χ2v) is 20.0. The summed E-state index contributed by atoms with van der Waals surface area (Å²) in [7, 11) is 2.09. The van der Waals surface area contributed by atoms with Gasteiger partial charge in [0.2, 0.25) is 0 Å². The number of benzene rings is 2. The first-order chi connectivity index (χ1) is 36.1. The molecule has 4 aromatic heterocycles. The summed E-state index contributed by atoms with van der Waals surface area (Å²) in [5, 5.41) is 30.6. The normalized spacial score (nSPS) is 20.0. The fraction of sp³-hybridized carbons (Fsp3) is 0.463. The van der Waals surface area contributed by atoms with Gasteiger partial charge in [0.15, 0.2) is 5.65 Å². The van der Waals surface area contributed by atoms with Gasteiger partial charge < -0.3 is 44.4 Å². The fourth-order valence-corrected chi connectivity index (χ4v) is 11.3. The molecule has 1 amide bonds. The summed E-state index contributed by atoms with van der Waals surface area (Å²) < 4.78 is 44.8. The third kappa shape index (κ3) is 10.6. The molecule has 6 aromatic rings. The highest BCUT2D eigenvalue weighted by atomic mass is 35.5. The van der Waals surface area contributed by atoms with E-state index < -0.39 is 23.9 Å². The Hall–Kier alpha value is -6.88. The number of carbonyl (C=O) groups excluding carboxylic acids is 1. The van der Waals surface area contributed by atoms with Crippen molar-refractivity contribution in [1.82, 2.24) is 39.3 Å². The molecule has 74 heavy (non-hydrogen) atoms. The topological polar surface area (TPSA) is 177 Å². The molecule has 4 aliphatic heterocycles. The number of amides is 1. The summed E-state index contributed by atoms with van der Waals surface area (Å²) in [5.41, 5.74) is 4.26. The van der Waals surface area contributed by atoms with E-state index in [9.17, 15) is 19.6 Å². The van der Waals surface area contributed by atoms with Gasteiger partial charge in [-0.15, -0.1) is 0 Å². The van der Waals surface area contributed by atoms with E-state index in [0.717, 1.165) is 96.4 Å². The quantitative estimate of drug-likeness (QED) is 0.0845. The van der Waals surface area contributed by atoms with Crippen molar-refractivity contribution in [2.75, 3.05) is 79.5 Å². The van der Waals surface area contributed by atoms with Crippen LogP contribution in [0.3, 0.4) is 0 Å². The molecule has 3 fully saturated rings. The maximum atomic E-state index is 16.2. The van der Waals surface area contributed by atoms with Crippen LogP contribution in [0.5, 0.6) is 11.8 Å². The van der Waals surface area contributed by atoms with Gasteiger partial charge in [0.05, 0.1) is 48.2 Å². The smallest absolute Gasteiger partial charge is 0.318 e. The number of ether oxygens (including phenoxy) is 2. The minimum Gasteiger partial charge on any atom is -0.462 e. The third-order valence-electron chi connectivity index (χ3n) is 15.0. The number of alkyl halides is 1. The number of likely N-dealkylation sites (N-methyl/N-ethyl adjacent to an activating group) is 1. The third-order valence-corrected chi connectivity index (χ3v) is 15.3. The molecule has 20 heteroatoms. The number of aliphatic hydroxyl groups is 1. The highest BCUT2D eigenvalue weighted by Crippen LogP contribution is 2.38. The van der Waals surface area contributed by atoms with Crippen LogP contribution in [-0.2, 0) is 30.7 Å². The largest absolute Gasteiger partial charge is 0.462 e. The molecule has 0 spiro atoms. The van der Waals surface area contributed by atoms with E-state index in [1.54, 1.807) is 23.0 Å². The van der Waals surface area contributed by atoms with Gasteiger partial charge in [0, 0.05) is 92.4 Å². The molecule has 0 saturated carbocycles. The predicted molar refractivity (Wildman–Crippen MR) is 280 cm³/mol. The minimum absolute atomic E-state index is 0.0105. The number of piperazine rings is 1. The Morgan fingerprint density at radius 2 is 1.85 bits per heavy atom. The van der Waals surface area contributed by atoms with Gasteiger partial charge in [-0.3, -0.25) is 9.78 Å². The fourth-order valence-electron chi connectivity index (χ4n) is 11.0. The van der Waals surface area contributed by atoms with Crippen molar-refractivity contribution in [2.45, 2.75) is 102 Å². The number of fused-ring (bicyclic) bond motifs is 3. The number of aliphatic hydroxyl groups excluding tert-OH is 1. The van der Waals surface area contributed by atoms with Crippen LogP contribution in [0.1, 0.15) is 74.3 Å². The number of hydrogen-bond donors (Lipinski definition) is 2. The van der Waals surface area contributed by atoms with E-state index in [2.05, 4.69) is 56.2 Å². The van der Waals surface area contributed by atoms with Crippen LogP contribution < -0.4 is 29.5 Å². The number of carbonyl (C=O) groups is 1. The van der Waals surface area contributed by atoms with E-state index in [-0.39, 0.29) is 69.4 Å². The Kier molecular flexibility index (Phi) is 15.5. The second-order valence-electron chi connectivity index (χ2n) is 19.6. The summed E-state index contributed by atoms with van der Waals surface area (Å²) in [6.45, 7) is 6.26. The van der Waals surface area contributed by atoms with E-state index in [1.165, 1.54) is 11.1 Å². The van der Waals surface area contributed by atoms with E-state index in [0.29, 0.717) is 54.8 Å². The zero-order valence-electron chi connectivity index (χ0n) is 41.8. The zero-order valence-corrected chi connectivity index (χ0v) is 42.6. The van der Waals surface area contributed by atoms with Crippen molar-refractivity contribution in [3.63, 3.8) is 0 Å². The van der Waals surface area contributed by atoms with Crippen LogP contribution in [0.15, 0.2) is 79.0 Å². The number of nitriles is 1. The van der Waals surface area contributed by atoms with Crippen LogP contribution in [0, 0.1) is 11.3 Å². The van der Waals surface area contributed by atoms with Gasteiger partial charge in [0.1, 0.15) is 41.7 Å². The lowest BCUT2D eigenvalue weighted by atomic mass is 9.99. The van der Waals surface area contributed by atoms with Crippen molar-refractivity contribution < 1.29 is 28.2 Å².